The molecule has 2 N–H and O–H groups in total. The summed E-state index contributed by atoms with van der Waals surface area (Å²) in [5.41, 5.74) is -0.712. The Morgan fingerprint density at radius 3 is 1.96 bits per heavy atom. The lowest BCUT2D eigenvalue weighted by atomic mass is 10.1. The molecule has 0 amide bonds. The highest BCUT2D eigenvalue weighted by Crippen LogP contribution is 2.26. The van der Waals surface area contributed by atoms with E-state index in [0.29, 0.717) is 5.75 Å². The van der Waals surface area contributed by atoms with E-state index >= 15 is 0 Å². The molecule has 0 bridgehead atoms. The Morgan fingerprint density at radius 1 is 0.913 bits per heavy atom. The SMILES string of the molecule is CC(C)(C)OC[C@H](O)[C@@H](COC(C)(C)C)Oc1ccccc1O. The van der Waals surface area contributed by atoms with Gasteiger partial charge in [-0.2, -0.15) is 0 Å². The maximum atomic E-state index is 10.4. The molecular weight excluding hydrogens is 296 g/mol. The van der Waals surface area contributed by atoms with Crippen LogP contribution in [0.5, 0.6) is 11.5 Å². The molecule has 0 unspecified atom stereocenters. The van der Waals surface area contributed by atoms with Crippen LogP contribution in [0.3, 0.4) is 0 Å². The van der Waals surface area contributed by atoms with E-state index in [1.54, 1.807) is 18.2 Å². The fourth-order valence-electron chi connectivity index (χ4n) is 1.72. The summed E-state index contributed by atoms with van der Waals surface area (Å²) in [4.78, 5) is 0. The number of aliphatic hydroxyl groups excluding tert-OH is 1. The van der Waals surface area contributed by atoms with Gasteiger partial charge in [-0.3, -0.25) is 0 Å². The van der Waals surface area contributed by atoms with Crippen molar-refractivity contribution in [2.24, 2.45) is 0 Å². The number of rotatable bonds is 7. The van der Waals surface area contributed by atoms with Crippen LogP contribution in [-0.4, -0.2) is 46.8 Å². The van der Waals surface area contributed by atoms with Gasteiger partial charge in [-0.05, 0) is 53.7 Å². The van der Waals surface area contributed by atoms with Crippen molar-refractivity contribution in [3.63, 3.8) is 0 Å². The first-order chi connectivity index (χ1) is 10.5. The first-order valence-electron chi connectivity index (χ1n) is 7.88. The third-order valence-electron chi connectivity index (χ3n) is 2.94. The number of hydrogen-bond donors (Lipinski definition) is 2. The van der Waals surface area contributed by atoms with E-state index in [9.17, 15) is 10.2 Å². The summed E-state index contributed by atoms with van der Waals surface area (Å²) in [5, 5.41) is 20.3. The van der Waals surface area contributed by atoms with E-state index in [0.717, 1.165) is 0 Å². The zero-order valence-electron chi connectivity index (χ0n) is 15.0. The van der Waals surface area contributed by atoms with Crippen LogP contribution in [0.4, 0.5) is 0 Å². The maximum absolute atomic E-state index is 10.4. The number of aromatic hydroxyl groups is 1. The highest BCUT2D eigenvalue weighted by Gasteiger charge is 2.27. The molecule has 0 fully saturated rings. The first-order valence-corrected chi connectivity index (χ1v) is 7.88. The van der Waals surface area contributed by atoms with Crippen molar-refractivity contribution in [1.82, 2.24) is 0 Å². The summed E-state index contributed by atoms with van der Waals surface area (Å²) in [6, 6.07) is 6.66. The molecular formula is C18H30O5. The Labute approximate surface area is 139 Å². The lowest BCUT2D eigenvalue weighted by Crippen LogP contribution is -2.42. The van der Waals surface area contributed by atoms with E-state index in [1.807, 2.05) is 41.5 Å². The molecule has 23 heavy (non-hydrogen) atoms. The molecule has 132 valence electrons. The summed E-state index contributed by atoms with van der Waals surface area (Å²) in [5.74, 6) is 0.335. The van der Waals surface area contributed by atoms with Crippen molar-refractivity contribution in [2.45, 2.75) is 65.0 Å². The molecule has 5 nitrogen and oxygen atoms in total. The average Bonchev–Trinajstić information content (AvgIpc) is 2.41. The second-order valence-corrected chi connectivity index (χ2v) is 7.54. The molecule has 0 aliphatic heterocycles. The van der Waals surface area contributed by atoms with Crippen LogP contribution >= 0.6 is 0 Å². The smallest absolute Gasteiger partial charge is 0.161 e. The Bertz CT molecular complexity index is 473. The molecule has 0 heterocycles. The van der Waals surface area contributed by atoms with Crippen molar-refractivity contribution in [2.75, 3.05) is 13.2 Å². The van der Waals surface area contributed by atoms with E-state index in [-0.39, 0.29) is 30.2 Å². The number of aliphatic hydroxyl groups is 1. The Balaban J connectivity index is 2.77. The number of benzene rings is 1. The quantitative estimate of drug-likeness (QED) is 0.806. The van der Waals surface area contributed by atoms with Crippen molar-refractivity contribution >= 4 is 0 Å². The van der Waals surface area contributed by atoms with Gasteiger partial charge in [-0.25, -0.2) is 0 Å². The second-order valence-electron chi connectivity index (χ2n) is 7.54. The number of ether oxygens (including phenoxy) is 3. The normalized spacial score (nSPS) is 15.3. The standard InChI is InChI=1S/C18H30O5/c1-17(2,3)21-11-14(20)16(12-22-18(4,5)6)23-15-10-8-7-9-13(15)19/h7-10,14,16,19-20H,11-12H2,1-6H3/t14-,16+/m0/s1. The van der Waals surface area contributed by atoms with Crippen LogP contribution in [-0.2, 0) is 9.47 Å². The van der Waals surface area contributed by atoms with Gasteiger partial charge < -0.3 is 24.4 Å². The molecule has 0 aromatic heterocycles. The van der Waals surface area contributed by atoms with Gasteiger partial charge in [0.25, 0.3) is 0 Å². The fourth-order valence-corrected chi connectivity index (χ4v) is 1.72. The van der Waals surface area contributed by atoms with Gasteiger partial charge in [0.2, 0.25) is 0 Å². The third-order valence-corrected chi connectivity index (χ3v) is 2.94. The average molecular weight is 326 g/mol. The highest BCUT2D eigenvalue weighted by molar-refractivity contribution is 5.38. The molecule has 0 saturated carbocycles. The minimum atomic E-state index is -0.879. The van der Waals surface area contributed by atoms with Gasteiger partial charge in [0.05, 0.1) is 24.4 Å². The predicted octanol–water partition coefficient (Wildman–Crippen LogP) is 3.13. The summed E-state index contributed by atoms with van der Waals surface area (Å²) in [7, 11) is 0. The van der Waals surface area contributed by atoms with Gasteiger partial charge in [0.15, 0.2) is 17.6 Å². The zero-order valence-corrected chi connectivity index (χ0v) is 15.0. The van der Waals surface area contributed by atoms with Crippen LogP contribution in [0, 0.1) is 0 Å². The minimum Gasteiger partial charge on any atom is -0.504 e. The van der Waals surface area contributed by atoms with Gasteiger partial charge in [0.1, 0.15) is 6.10 Å². The van der Waals surface area contributed by atoms with Crippen LogP contribution in [0.15, 0.2) is 24.3 Å². The molecule has 0 spiro atoms. The van der Waals surface area contributed by atoms with Gasteiger partial charge in [-0.1, -0.05) is 12.1 Å². The number of phenolic OH excluding ortho intramolecular Hbond substituents is 1. The molecule has 1 aromatic rings. The number of hydrogen-bond acceptors (Lipinski definition) is 5. The van der Waals surface area contributed by atoms with Gasteiger partial charge in [-0.15, -0.1) is 0 Å². The Hall–Kier alpha value is -1.30. The second kappa shape index (κ2) is 7.99. The molecule has 1 aromatic carbocycles. The fraction of sp³-hybridized carbons (Fsp3) is 0.667. The van der Waals surface area contributed by atoms with Crippen molar-refractivity contribution in [3.8, 4) is 11.5 Å². The van der Waals surface area contributed by atoms with E-state index in [1.165, 1.54) is 6.07 Å². The number of para-hydroxylation sites is 2. The van der Waals surface area contributed by atoms with Crippen LogP contribution in [0.1, 0.15) is 41.5 Å². The summed E-state index contributed by atoms with van der Waals surface area (Å²) < 4.78 is 17.1. The lowest BCUT2D eigenvalue weighted by Gasteiger charge is -2.30. The Morgan fingerprint density at radius 2 is 1.43 bits per heavy atom. The van der Waals surface area contributed by atoms with Crippen LogP contribution in [0.2, 0.25) is 0 Å². The van der Waals surface area contributed by atoms with Gasteiger partial charge >= 0.3 is 0 Å². The van der Waals surface area contributed by atoms with E-state index in [2.05, 4.69) is 0 Å². The summed E-state index contributed by atoms with van der Waals surface area (Å²) in [6.07, 6.45) is -1.53. The molecule has 1 rings (SSSR count). The van der Waals surface area contributed by atoms with Gasteiger partial charge in [0, 0.05) is 0 Å². The predicted molar refractivity (Wildman–Crippen MR) is 89.9 cm³/mol. The topological polar surface area (TPSA) is 68.2 Å². The van der Waals surface area contributed by atoms with E-state index < -0.39 is 12.2 Å². The lowest BCUT2D eigenvalue weighted by molar-refractivity contribution is -0.113. The number of phenols is 1. The van der Waals surface area contributed by atoms with E-state index in [4.69, 9.17) is 14.2 Å². The highest BCUT2D eigenvalue weighted by atomic mass is 16.6. The van der Waals surface area contributed by atoms with Crippen molar-refractivity contribution in [1.29, 1.82) is 0 Å². The van der Waals surface area contributed by atoms with Crippen molar-refractivity contribution in [3.05, 3.63) is 24.3 Å². The van der Waals surface area contributed by atoms with Crippen LogP contribution < -0.4 is 4.74 Å². The summed E-state index contributed by atoms with van der Waals surface area (Å²) in [6.45, 7) is 11.9. The minimum absolute atomic E-state index is 0.0252. The summed E-state index contributed by atoms with van der Waals surface area (Å²) >= 11 is 0. The maximum Gasteiger partial charge on any atom is 0.161 e. The molecule has 0 aliphatic rings. The molecule has 2 atom stereocenters. The first kappa shape index (κ1) is 19.7. The molecule has 0 saturated heterocycles. The largest absolute Gasteiger partial charge is 0.504 e. The molecule has 5 heteroatoms. The Kier molecular flexibility index (Phi) is 6.86. The monoisotopic (exact) mass is 326 g/mol. The van der Waals surface area contributed by atoms with Crippen molar-refractivity contribution < 1.29 is 24.4 Å². The third kappa shape index (κ3) is 8.21. The zero-order chi connectivity index (χ0) is 17.7. The molecule has 0 aliphatic carbocycles. The van der Waals surface area contributed by atoms with Crippen LogP contribution in [0.25, 0.3) is 0 Å². The molecule has 0 radical (unpaired) electrons.